The summed E-state index contributed by atoms with van der Waals surface area (Å²) in [6.07, 6.45) is 0.821. The normalized spacial score (nSPS) is 10.4. The Morgan fingerprint density at radius 3 is 2.36 bits per heavy atom. The van der Waals surface area contributed by atoms with E-state index in [2.05, 4.69) is 15.6 Å². The van der Waals surface area contributed by atoms with Crippen LogP contribution in [0.15, 0.2) is 66.7 Å². The first-order valence-corrected chi connectivity index (χ1v) is 9.27. The fraction of sp³-hybridized carbons (Fsp3) is 0.174. The van der Waals surface area contributed by atoms with Crippen molar-refractivity contribution in [2.24, 2.45) is 0 Å². The number of pyridine rings is 1. The minimum atomic E-state index is -0.316. The monoisotopic (exact) mass is 373 g/mol. The second-order valence-corrected chi connectivity index (χ2v) is 6.44. The molecular formula is C23H23N3O2. The summed E-state index contributed by atoms with van der Waals surface area (Å²) in [5, 5.41) is 5.51. The van der Waals surface area contributed by atoms with Gasteiger partial charge in [-0.2, -0.15) is 0 Å². The first kappa shape index (κ1) is 19.3. The van der Waals surface area contributed by atoms with Crippen LogP contribution in [0.3, 0.4) is 0 Å². The molecule has 2 amide bonds. The molecule has 1 heterocycles. The molecule has 0 atom stereocenters. The van der Waals surface area contributed by atoms with E-state index in [9.17, 15) is 9.59 Å². The molecule has 0 saturated heterocycles. The number of carbonyl (C=O) groups excluding carboxylic acids is 2. The number of nitrogens with one attached hydrogen (secondary N) is 2. The number of carbonyl (C=O) groups is 2. The van der Waals surface area contributed by atoms with Gasteiger partial charge in [0.05, 0.1) is 23.5 Å². The van der Waals surface area contributed by atoms with Crippen LogP contribution in [0.2, 0.25) is 0 Å². The zero-order valence-corrected chi connectivity index (χ0v) is 16.0. The van der Waals surface area contributed by atoms with Gasteiger partial charge in [-0.15, -0.1) is 0 Å². The Morgan fingerprint density at radius 2 is 1.64 bits per heavy atom. The number of rotatable bonds is 6. The first-order valence-electron chi connectivity index (χ1n) is 9.27. The topological polar surface area (TPSA) is 71.1 Å². The van der Waals surface area contributed by atoms with Crippen molar-refractivity contribution in [3.8, 4) is 11.3 Å². The largest absolute Gasteiger partial charge is 0.343 e. The molecule has 3 rings (SSSR count). The lowest BCUT2D eigenvalue weighted by Gasteiger charge is -2.11. The standard InChI is InChI=1S/C23H23N3O2/c1-3-17-9-7-8-12-20(17)26-22(27)15-24-23(28)19-13-14-21(25-16(19)2)18-10-5-4-6-11-18/h4-14H,3,15H2,1-2H3,(H,24,28)(H,26,27). The lowest BCUT2D eigenvalue weighted by Crippen LogP contribution is -2.33. The molecule has 5 heteroatoms. The van der Waals surface area contributed by atoms with Crippen molar-refractivity contribution < 1.29 is 9.59 Å². The smallest absolute Gasteiger partial charge is 0.253 e. The second kappa shape index (κ2) is 8.95. The van der Waals surface area contributed by atoms with Crippen molar-refractivity contribution in [3.05, 3.63) is 83.6 Å². The molecule has 0 spiro atoms. The fourth-order valence-electron chi connectivity index (χ4n) is 2.97. The van der Waals surface area contributed by atoms with Crippen LogP contribution in [0.4, 0.5) is 5.69 Å². The fourth-order valence-corrected chi connectivity index (χ4v) is 2.97. The van der Waals surface area contributed by atoms with Gasteiger partial charge in [0.2, 0.25) is 5.91 Å². The van der Waals surface area contributed by atoms with Crippen LogP contribution in [-0.2, 0) is 11.2 Å². The third-order valence-electron chi connectivity index (χ3n) is 4.48. The Hall–Kier alpha value is -3.47. The maximum absolute atomic E-state index is 12.5. The van der Waals surface area contributed by atoms with Crippen LogP contribution in [0, 0.1) is 6.92 Å². The van der Waals surface area contributed by atoms with E-state index in [-0.39, 0.29) is 18.4 Å². The van der Waals surface area contributed by atoms with Crippen LogP contribution in [0.5, 0.6) is 0 Å². The highest BCUT2D eigenvalue weighted by Crippen LogP contribution is 2.18. The van der Waals surface area contributed by atoms with Crippen LogP contribution < -0.4 is 10.6 Å². The maximum atomic E-state index is 12.5. The first-order chi connectivity index (χ1) is 13.6. The molecule has 2 N–H and O–H groups in total. The Balaban J connectivity index is 1.62. The molecule has 3 aromatic rings. The molecule has 0 aliphatic heterocycles. The Bertz CT molecular complexity index is 984. The summed E-state index contributed by atoms with van der Waals surface area (Å²) in [5.41, 5.74) is 4.71. The molecule has 0 fully saturated rings. The maximum Gasteiger partial charge on any atom is 0.253 e. The van der Waals surface area contributed by atoms with Crippen molar-refractivity contribution in [3.63, 3.8) is 0 Å². The third-order valence-corrected chi connectivity index (χ3v) is 4.48. The number of anilines is 1. The summed E-state index contributed by atoms with van der Waals surface area (Å²) < 4.78 is 0. The van der Waals surface area contributed by atoms with Crippen molar-refractivity contribution >= 4 is 17.5 Å². The summed E-state index contributed by atoms with van der Waals surface area (Å²) in [6, 6.07) is 21.0. The highest BCUT2D eigenvalue weighted by molar-refractivity contribution is 6.00. The predicted octanol–water partition coefficient (Wildman–Crippen LogP) is 3.99. The zero-order valence-electron chi connectivity index (χ0n) is 16.0. The number of aromatic nitrogens is 1. The summed E-state index contributed by atoms with van der Waals surface area (Å²) in [4.78, 5) is 29.2. The van der Waals surface area contributed by atoms with E-state index in [1.807, 2.05) is 67.6 Å². The minimum Gasteiger partial charge on any atom is -0.343 e. The zero-order chi connectivity index (χ0) is 19.9. The Labute approximate surface area is 164 Å². The van der Waals surface area contributed by atoms with E-state index >= 15 is 0 Å². The molecule has 0 unspecified atom stereocenters. The Kier molecular flexibility index (Phi) is 6.17. The van der Waals surface area contributed by atoms with Crippen LogP contribution in [0.1, 0.15) is 28.5 Å². The van der Waals surface area contributed by atoms with Gasteiger partial charge in [0, 0.05) is 11.3 Å². The molecule has 0 bridgehead atoms. The highest BCUT2D eigenvalue weighted by atomic mass is 16.2. The van der Waals surface area contributed by atoms with Crippen molar-refractivity contribution in [1.29, 1.82) is 0 Å². The average Bonchev–Trinajstić information content (AvgIpc) is 2.73. The molecule has 28 heavy (non-hydrogen) atoms. The van der Waals surface area contributed by atoms with Gasteiger partial charge in [0.25, 0.3) is 5.91 Å². The van der Waals surface area contributed by atoms with Crippen molar-refractivity contribution in [2.45, 2.75) is 20.3 Å². The molecule has 0 radical (unpaired) electrons. The SMILES string of the molecule is CCc1ccccc1NC(=O)CNC(=O)c1ccc(-c2ccccc2)nc1C. The minimum absolute atomic E-state index is 0.100. The summed E-state index contributed by atoms with van der Waals surface area (Å²) >= 11 is 0. The summed E-state index contributed by atoms with van der Waals surface area (Å²) in [5.74, 6) is -0.579. The average molecular weight is 373 g/mol. The van der Waals surface area contributed by atoms with Gasteiger partial charge in [-0.25, -0.2) is 0 Å². The van der Waals surface area contributed by atoms with Crippen LogP contribution in [-0.4, -0.2) is 23.3 Å². The van der Waals surface area contributed by atoms with E-state index in [0.717, 1.165) is 28.9 Å². The van der Waals surface area contributed by atoms with Gasteiger partial charge in [-0.3, -0.25) is 14.6 Å². The number of aryl methyl sites for hydroxylation is 2. The van der Waals surface area contributed by atoms with Gasteiger partial charge >= 0.3 is 0 Å². The van der Waals surface area contributed by atoms with E-state index in [1.54, 1.807) is 13.0 Å². The number of nitrogens with zero attached hydrogens (tertiary/aromatic N) is 1. The number of para-hydroxylation sites is 1. The summed E-state index contributed by atoms with van der Waals surface area (Å²) in [6.45, 7) is 3.72. The van der Waals surface area contributed by atoms with Gasteiger partial charge in [-0.05, 0) is 37.1 Å². The van der Waals surface area contributed by atoms with Crippen LogP contribution in [0.25, 0.3) is 11.3 Å². The van der Waals surface area contributed by atoms with Gasteiger partial charge in [0.15, 0.2) is 0 Å². The Morgan fingerprint density at radius 1 is 0.929 bits per heavy atom. The quantitative estimate of drug-likeness (QED) is 0.686. The van der Waals surface area contributed by atoms with E-state index in [1.165, 1.54) is 0 Å². The predicted molar refractivity (Wildman–Crippen MR) is 111 cm³/mol. The van der Waals surface area contributed by atoms with E-state index in [0.29, 0.717) is 11.3 Å². The lowest BCUT2D eigenvalue weighted by molar-refractivity contribution is -0.115. The molecular weight excluding hydrogens is 350 g/mol. The summed E-state index contributed by atoms with van der Waals surface area (Å²) in [7, 11) is 0. The van der Waals surface area contributed by atoms with E-state index in [4.69, 9.17) is 0 Å². The molecule has 0 aliphatic rings. The van der Waals surface area contributed by atoms with Gasteiger partial charge in [-0.1, -0.05) is 55.5 Å². The number of hydrogen-bond acceptors (Lipinski definition) is 3. The van der Waals surface area contributed by atoms with Crippen molar-refractivity contribution in [1.82, 2.24) is 10.3 Å². The molecule has 142 valence electrons. The molecule has 1 aromatic heterocycles. The molecule has 0 saturated carbocycles. The number of amides is 2. The van der Waals surface area contributed by atoms with Crippen molar-refractivity contribution in [2.75, 3.05) is 11.9 Å². The molecule has 5 nitrogen and oxygen atoms in total. The highest BCUT2D eigenvalue weighted by Gasteiger charge is 2.13. The number of benzene rings is 2. The number of hydrogen-bond donors (Lipinski definition) is 2. The van der Waals surface area contributed by atoms with Gasteiger partial charge < -0.3 is 10.6 Å². The van der Waals surface area contributed by atoms with Crippen LogP contribution >= 0.6 is 0 Å². The lowest BCUT2D eigenvalue weighted by atomic mass is 10.1. The second-order valence-electron chi connectivity index (χ2n) is 6.44. The molecule has 2 aromatic carbocycles. The van der Waals surface area contributed by atoms with Gasteiger partial charge in [0.1, 0.15) is 0 Å². The van der Waals surface area contributed by atoms with E-state index < -0.39 is 0 Å². The molecule has 0 aliphatic carbocycles. The third kappa shape index (κ3) is 4.62.